The maximum atomic E-state index is 13.1. The van der Waals surface area contributed by atoms with Crippen LogP contribution in [0.1, 0.15) is 5.82 Å². The molecule has 23 heavy (non-hydrogen) atoms. The van der Waals surface area contributed by atoms with Crippen LogP contribution in [0.2, 0.25) is 0 Å². The largest absolute Gasteiger partial charge is 0.550 e. The van der Waals surface area contributed by atoms with Gasteiger partial charge in [0.1, 0.15) is 17.5 Å². The van der Waals surface area contributed by atoms with Gasteiger partial charge in [-0.1, -0.05) is 0 Å². The van der Waals surface area contributed by atoms with Gasteiger partial charge in [-0.15, -0.1) is 0 Å². The number of aromatic nitrogens is 2. The van der Waals surface area contributed by atoms with Crippen molar-refractivity contribution in [3.8, 4) is 16.9 Å². The predicted molar refractivity (Wildman–Crippen MR) is 77.6 cm³/mol. The Morgan fingerprint density at radius 3 is 2.13 bits per heavy atom. The van der Waals surface area contributed by atoms with E-state index in [0.29, 0.717) is 16.9 Å². The molecule has 0 unspecified atom stereocenters. The van der Waals surface area contributed by atoms with Gasteiger partial charge < -0.3 is 14.5 Å². The lowest BCUT2D eigenvalue weighted by Gasteiger charge is -2.07. The van der Waals surface area contributed by atoms with Gasteiger partial charge in [-0.05, 0) is 48.5 Å². The average Bonchev–Trinajstić information content (AvgIpc) is 2.92. The Morgan fingerprint density at radius 1 is 1.00 bits per heavy atom. The van der Waals surface area contributed by atoms with E-state index in [4.69, 9.17) is 0 Å². The molecular weight excluding hydrogens is 302 g/mol. The van der Waals surface area contributed by atoms with Crippen LogP contribution >= 0.6 is 0 Å². The fourth-order valence-corrected chi connectivity index (χ4v) is 2.26. The van der Waals surface area contributed by atoms with E-state index in [2.05, 4.69) is 4.98 Å². The molecule has 0 bridgehead atoms. The summed E-state index contributed by atoms with van der Waals surface area (Å²) >= 11 is 0. The number of hydrogen-bond acceptors (Lipinski definition) is 3. The van der Waals surface area contributed by atoms with Gasteiger partial charge in [-0.2, -0.15) is 0 Å². The quantitative estimate of drug-likeness (QED) is 0.741. The van der Waals surface area contributed by atoms with Crippen LogP contribution in [-0.2, 0) is 11.2 Å². The molecule has 3 rings (SSSR count). The van der Waals surface area contributed by atoms with Crippen LogP contribution in [0.3, 0.4) is 0 Å². The van der Waals surface area contributed by atoms with E-state index < -0.39 is 18.2 Å². The lowest BCUT2D eigenvalue weighted by Crippen LogP contribution is -2.25. The number of hydrogen-bond donors (Lipinski definition) is 0. The number of carbonyl (C=O) groups excluding carboxylic acids is 1. The van der Waals surface area contributed by atoms with Crippen molar-refractivity contribution in [1.82, 2.24) is 9.55 Å². The first kappa shape index (κ1) is 14.9. The van der Waals surface area contributed by atoms with Crippen molar-refractivity contribution in [3.63, 3.8) is 0 Å². The summed E-state index contributed by atoms with van der Waals surface area (Å²) in [5, 5.41) is 10.9. The maximum absolute atomic E-state index is 13.1. The Kier molecular flexibility index (Phi) is 3.89. The first-order valence-electron chi connectivity index (χ1n) is 6.83. The molecule has 0 spiro atoms. The summed E-state index contributed by atoms with van der Waals surface area (Å²) < 4.78 is 27.6. The molecule has 0 aliphatic rings. The first-order chi connectivity index (χ1) is 11.0. The molecule has 0 fully saturated rings. The smallest absolute Gasteiger partial charge is 0.123 e. The van der Waals surface area contributed by atoms with E-state index in [1.165, 1.54) is 36.4 Å². The van der Waals surface area contributed by atoms with Crippen LogP contribution in [-0.4, -0.2) is 15.5 Å². The lowest BCUT2D eigenvalue weighted by atomic mass is 10.2. The van der Waals surface area contributed by atoms with Crippen LogP contribution in [0.25, 0.3) is 16.9 Å². The summed E-state index contributed by atoms with van der Waals surface area (Å²) in [5.41, 5.74) is 1.71. The van der Waals surface area contributed by atoms with Crippen molar-refractivity contribution >= 4 is 5.97 Å². The van der Waals surface area contributed by atoms with Gasteiger partial charge in [0, 0.05) is 29.8 Å². The van der Waals surface area contributed by atoms with Crippen LogP contribution in [0.5, 0.6) is 0 Å². The van der Waals surface area contributed by atoms with E-state index in [-0.39, 0.29) is 11.6 Å². The highest BCUT2D eigenvalue weighted by Crippen LogP contribution is 2.22. The summed E-state index contributed by atoms with van der Waals surface area (Å²) in [4.78, 5) is 15.2. The monoisotopic (exact) mass is 313 g/mol. The minimum Gasteiger partial charge on any atom is -0.550 e. The number of carbonyl (C=O) groups is 1. The molecule has 3 aromatic rings. The number of imidazole rings is 1. The Bertz CT molecular complexity index is 840. The van der Waals surface area contributed by atoms with Gasteiger partial charge in [0.05, 0.1) is 5.69 Å². The Morgan fingerprint density at radius 2 is 1.57 bits per heavy atom. The molecule has 1 heterocycles. The van der Waals surface area contributed by atoms with E-state index in [0.717, 1.165) is 0 Å². The minimum absolute atomic E-state index is 0.246. The zero-order valence-corrected chi connectivity index (χ0v) is 11.9. The van der Waals surface area contributed by atoms with Crippen molar-refractivity contribution in [2.75, 3.05) is 0 Å². The standard InChI is InChI=1S/C17H12F2N2O2/c18-12-3-1-11(2-4-12)15-10-21(16(20-15)9-17(22)23)14-7-5-13(19)6-8-14/h1-8,10H,9H2,(H,22,23)/p-1. The zero-order valence-electron chi connectivity index (χ0n) is 11.9. The van der Waals surface area contributed by atoms with Crippen LogP contribution in [0, 0.1) is 11.6 Å². The Hall–Kier alpha value is -3.02. The molecule has 116 valence electrons. The van der Waals surface area contributed by atoms with Crippen molar-refractivity contribution in [1.29, 1.82) is 0 Å². The van der Waals surface area contributed by atoms with Gasteiger partial charge in [-0.25, -0.2) is 13.8 Å². The van der Waals surface area contributed by atoms with E-state index >= 15 is 0 Å². The first-order valence-corrected chi connectivity index (χ1v) is 6.83. The third-order valence-corrected chi connectivity index (χ3v) is 3.33. The number of halogens is 2. The highest BCUT2D eigenvalue weighted by atomic mass is 19.1. The van der Waals surface area contributed by atoms with E-state index in [9.17, 15) is 18.7 Å². The van der Waals surface area contributed by atoms with Gasteiger partial charge in [0.2, 0.25) is 0 Å². The molecule has 1 aromatic heterocycles. The third kappa shape index (κ3) is 3.26. The van der Waals surface area contributed by atoms with Crippen molar-refractivity contribution in [3.05, 3.63) is 72.2 Å². The molecule has 6 heteroatoms. The van der Waals surface area contributed by atoms with Crippen LogP contribution in [0.15, 0.2) is 54.7 Å². The van der Waals surface area contributed by atoms with Gasteiger partial charge in [-0.3, -0.25) is 0 Å². The second kappa shape index (κ2) is 6.00. The van der Waals surface area contributed by atoms with Crippen LogP contribution in [0.4, 0.5) is 8.78 Å². The van der Waals surface area contributed by atoms with Gasteiger partial charge in [0.25, 0.3) is 0 Å². The second-order valence-electron chi connectivity index (χ2n) is 4.94. The molecule has 0 amide bonds. The number of nitrogens with zero attached hydrogens (tertiary/aromatic N) is 2. The van der Waals surface area contributed by atoms with Crippen molar-refractivity contribution in [2.24, 2.45) is 0 Å². The molecule has 0 radical (unpaired) electrons. The molecule has 0 atom stereocenters. The summed E-state index contributed by atoms with van der Waals surface area (Å²) in [5.74, 6) is -1.80. The minimum atomic E-state index is -1.27. The average molecular weight is 313 g/mol. The van der Waals surface area contributed by atoms with Crippen LogP contribution < -0.4 is 5.11 Å². The molecule has 0 N–H and O–H groups in total. The Balaban J connectivity index is 2.08. The SMILES string of the molecule is O=C([O-])Cc1nc(-c2ccc(F)cc2)cn1-c1ccc(F)cc1. The third-order valence-electron chi connectivity index (χ3n) is 3.33. The number of carboxylic acid groups (broad SMARTS) is 1. The molecule has 2 aromatic carbocycles. The Labute approximate surface area is 130 Å². The van der Waals surface area contributed by atoms with Gasteiger partial charge >= 0.3 is 0 Å². The molecule has 0 aliphatic heterocycles. The van der Waals surface area contributed by atoms with Gasteiger partial charge in [0.15, 0.2) is 0 Å². The lowest BCUT2D eigenvalue weighted by molar-refractivity contribution is -0.304. The second-order valence-corrected chi connectivity index (χ2v) is 4.94. The number of rotatable bonds is 4. The fraction of sp³-hybridized carbons (Fsp3) is 0.0588. The maximum Gasteiger partial charge on any atom is 0.123 e. The van der Waals surface area contributed by atoms with E-state index in [1.54, 1.807) is 22.9 Å². The summed E-state index contributed by atoms with van der Waals surface area (Å²) in [6.45, 7) is 0. The van der Waals surface area contributed by atoms with Crippen molar-refractivity contribution in [2.45, 2.75) is 6.42 Å². The normalized spacial score (nSPS) is 10.7. The molecule has 0 saturated carbocycles. The summed E-state index contributed by atoms with van der Waals surface area (Å²) in [6.07, 6.45) is 1.23. The topological polar surface area (TPSA) is 57.9 Å². The summed E-state index contributed by atoms with van der Waals surface area (Å²) in [6, 6.07) is 11.3. The molecule has 0 saturated heterocycles. The molecule has 0 aliphatic carbocycles. The molecular formula is C17H11F2N2O2-. The van der Waals surface area contributed by atoms with Crippen molar-refractivity contribution < 1.29 is 18.7 Å². The fourth-order valence-electron chi connectivity index (χ4n) is 2.26. The van der Waals surface area contributed by atoms with E-state index in [1.807, 2.05) is 0 Å². The zero-order chi connectivity index (χ0) is 16.4. The highest BCUT2D eigenvalue weighted by molar-refractivity contribution is 5.68. The predicted octanol–water partition coefficient (Wildman–Crippen LogP) is 2.11. The number of carboxylic acids is 1. The number of benzene rings is 2. The molecule has 4 nitrogen and oxygen atoms in total. The number of aliphatic carboxylic acids is 1. The summed E-state index contributed by atoms with van der Waals surface area (Å²) in [7, 11) is 0. The highest BCUT2D eigenvalue weighted by Gasteiger charge is 2.12.